The third kappa shape index (κ3) is 6.26. The Hall–Kier alpha value is -2.88. The van der Waals surface area contributed by atoms with E-state index in [4.69, 9.17) is 0 Å². The lowest BCUT2D eigenvalue weighted by molar-refractivity contribution is 0.0952. The van der Waals surface area contributed by atoms with Gasteiger partial charge in [0.25, 0.3) is 5.91 Å². The molecule has 0 atom stereocenters. The van der Waals surface area contributed by atoms with Crippen LogP contribution in [0.1, 0.15) is 48.5 Å². The smallest absolute Gasteiger partial charge is 0.275 e. The molecule has 2 aromatic carbocycles. The minimum absolute atomic E-state index is 0.0572. The summed E-state index contributed by atoms with van der Waals surface area (Å²) < 4.78 is 0. The molecule has 4 nitrogen and oxygen atoms in total. The normalized spacial score (nSPS) is 11.6. The molecule has 0 spiro atoms. The van der Waals surface area contributed by atoms with Crippen molar-refractivity contribution in [3.63, 3.8) is 0 Å². The summed E-state index contributed by atoms with van der Waals surface area (Å²) in [5.74, 6) is -0.486. The highest BCUT2D eigenvalue weighted by Gasteiger charge is 2.08. The van der Waals surface area contributed by atoms with Crippen LogP contribution in [0.15, 0.2) is 65.3 Å². The van der Waals surface area contributed by atoms with Crippen molar-refractivity contribution >= 4 is 18.2 Å². The number of unbranched alkanes of at least 4 members (excludes halogenated alkanes) is 2. The number of aromatic hydroxyl groups is 1. The summed E-state index contributed by atoms with van der Waals surface area (Å²) in [7, 11) is 0. The van der Waals surface area contributed by atoms with Gasteiger partial charge in [-0.05, 0) is 36.1 Å². The fourth-order valence-electron chi connectivity index (χ4n) is 2.42. The zero-order valence-corrected chi connectivity index (χ0v) is 14.5. The molecule has 130 valence electrons. The number of phenolic OH excluding ortho intramolecular Hbond substituents is 1. The SMILES string of the molecule is CCCCC/C(C=NNC(=O)c1ccccc1O)=C/c1ccccc1. The Bertz CT molecular complexity index is 737. The maximum Gasteiger partial charge on any atom is 0.275 e. The van der Waals surface area contributed by atoms with E-state index in [9.17, 15) is 9.90 Å². The van der Waals surface area contributed by atoms with E-state index in [-0.39, 0.29) is 11.3 Å². The summed E-state index contributed by atoms with van der Waals surface area (Å²) in [5.41, 5.74) is 4.84. The molecule has 0 aliphatic heterocycles. The topological polar surface area (TPSA) is 61.7 Å². The number of para-hydroxylation sites is 1. The van der Waals surface area contributed by atoms with E-state index in [1.807, 2.05) is 30.3 Å². The standard InChI is InChI=1S/C21H24N2O2/c1-2-3-5-12-18(15-17-10-6-4-7-11-17)16-22-23-21(25)19-13-8-9-14-20(19)24/h4,6-11,13-16,24H,2-3,5,12H2,1H3,(H,23,25)/b18-15-,22-16?. The van der Waals surface area contributed by atoms with E-state index >= 15 is 0 Å². The molecule has 0 aromatic heterocycles. The number of benzene rings is 2. The average molecular weight is 336 g/mol. The lowest BCUT2D eigenvalue weighted by Gasteiger charge is -2.04. The van der Waals surface area contributed by atoms with Gasteiger partial charge >= 0.3 is 0 Å². The van der Waals surface area contributed by atoms with E-state index in [1.54, 1.807) is 24.4 Å². The van der Waals surface area contributed by atoms with Crippen molar-refractivity contribution in [1.82, 2.24) is 5.43 Å². The van der Waals surface area contributed by atoms with Crippen LogP contribution in [0.3, 0.4) is 0 Å². The molecule has 0 aliphatic rings. The summed E-state index contributed by atoms with van der Waals surface area (Å²) in [6.45, 7) is 2.17. The van der Waals surface area contributed by atoms with Crippen LogP contribution in [0.25, 0.3) is 6.08 Å². The molecule has 0 aliphatic carbocycles. The van der Waals surface area contributed by atoms with Crippen molar-refractivity contribution in [1.29, 1.82) is 0 Å². The highest BCUT2D eigenvalue weighted by Crippen LogP contribution is 2.15. The Morgan fingerprint density at radius 3 is 2.52 bits per heavy atom. The van der Waals surface area contributed by atoms with Crippen LogP contribution >= 0.6 is 0 Å². The first-order valence-electron chi connectivity index (χ1n) is 8.57. The molecule has 4 heteroatoms. The highest BCUT2D eigenvalue weighted by atomic mass is 16.3. The number of phenols is 1. The van der Waals surface area contributed by atoms with Gasteiger partial charge in [-0.3, -0.25) is 4.79 Å². The summed E-state index contributed by atoms with van der Waals surface area (Å²) in [4.78, 5) is 12.1. The fourth-order valence-corrected chi connectivity index (χ4v) is 2.42. The van der Waals surface area contributed by atoms with Gasteiger partial charge in [-0.2, -0.15) is 5.10 Å². The van der Waals surface area contributed by atoms with Crippen LogP contribution in [-0.4, -0.2) is 17.2 Å². The number of carbonyl (C=O) groups is 1. The van der Waals surface area contributed by atoms with Gasteiger partial charge in [-0.1, -0.05) is 68.3 Å². The predicted octanol–water partition coefficient (Wildman–Crippen LogP) is 4.77. The number of nitrogens with one attached hydrogen (secondary N) is 1. The second-order valence-corrected chi connectivity index (χ2v) is 5.80. The van der Waals surface area contributed by atoms with Crippen LogP contribution < -0.4 is 5.43 Å². The summed E-state index contributed by atoms with van der Waals surface area (Å²) in [6.07, 6.45) is 8.04. The minimum atomic E-state index is -0.429. The van der Waals surface area contributed by atoms with Crippen LogP contribution in [0.4, 0.5) is 0 Å². The van der Waals surface area contributed by atoms with Gasteiger partial charge in [0.15, 0.2) is 0 Å². The quantitative estimate of drug-likeness (QED) is 0.414. The van der Waals surface area contributed by atoms with Crippen molar-refractivity contribution in [2.75, 3.05) is 0 Å². The minimum Gasteiger partial charge on any atom is -0.507 e. The summed E-state index contributed by atoms with van der Waals surface area (Å²) >= 11 is 0. The van der Waals surface area contributed by atoms with E-state index in [0.29, 0.717) is 0 Å². The molecular formula is C21H24N2O2. The number of rotatable bonds is 8. The van der Waals surface area contributed by atoms with Gasteiger partial charge in [0.05, 0.1) is 11.8 Å². The lowest BCUT2D eigenvalue weighted by Crippen LogP contribution is -2.17. The Labute approximate surface area is 148 Å². The highest BCUT2D eigenvalue weighted by molar-refractivity contribution is 5.97. The van der Waals surface area contributed by atoms with Gasteiger partial charge < -0.3 is 5.11 Å². The number of hydrogen-bond acceptors (Lipinski definition) is 3. The number of amides is 1. The van der Waals surface area contributed by atoms with Crippen molar-refractivity contribution < 1.29 is 9.90 Å². The van der Waals surface area contributed by atoms with Crippen LogP contribution in [0.2, 0.25) is 0 Å². The van der Waals surface area contributed by atoms with Crippen molar-refractivity contribution in [2.45, 2.75) is 32.6 Å². The van der Waals surface area contributed by atoms with Crippen LogP contribution in [0, 0.1) is 0 Å². The molecule has 2 aromatic rings. The first-order valence-corrected chi connectivity index (χ1v) is 8.57. The van der Waals surface area contributed by atoms with Gasteiger partial charge in [0, 0.05) is 0 Å². The second kappa shape index (κ2) is 10.1. The zero-order valence-electron chi connectivity index (χ0n) is 14.5. The first kappa shape index (κ1) is 18.5. The molecule has 0 bridgehead atoms. The van der Waals surface area contributed by atoms with Gasteiger partial charge in [0.2, 0.25) is 0 Å². The van der Waals surface area contributed by atoms with E-state index < -0.39 is 5.91 Å². The Balaban J connectivity index is 2.05. The molecule has 2 rings (SSSR count). The molecule has 0 saturated heterocycles. The Morgan fingerprint density at radius 1 is 1.08 bits per heavy atom. The second-order valence-electron chi connectivity index (χ2n) is 5.80. The monoisotopic (exact) mass is 336 g/mol. The molecule has 0 radical (unpaired) electrons. The van der Waals surface area contributed by atoms with Gasteiger partial charge in [0.1, 0.15) is 5.75 Å². The third-order valence-corrected chi connectivity index (χ3v) is 3.77. The number of nitrogens with zero attached hydrogens (tertiary/aromatic N) is 1. The first-order chi connectivity index (χ1) is 12.2. The molecule has 2 N–H and O–H groups in total. The van der Waals surface area contributed by atoms with Crippen molar-refractivity contribution in [2.24, 2.45) is 5.10 Å². The zero-order chi connectivity index (χ0) is 17.9. The van der Waals surface area contributed by atoms with Crippen molar-refractivity contribution in [3.05, 3.63) is 71.3 Å². The van der Waals surface area contributed by atoms with E-state index in [2.05, 4.69) is 23.5 Å². The number of allylic oxidation sites excluding steroid dienone is 1. The number of hydrazone groups is 1. The largest absolute Gasteiger partial charge is 0.507 e. The van der Waals surface area contributed by atoms with E-state index in [1.165, 1.54) is 6.07 Å². The predicted molar refractivity (Wildman–Crippen MR) is 103 cm³/mol. The molecule has 0 heterocycles. The maximum absolute atomic E-state index is 12.1. The molecule has 0 fully saturated rings. The average Bonchev–Trinajstić information content (AvgIpc) is 2.63. The molecular weight excluding hydrogens is 312 g/mol. The van der Waals surface area contributed by atoms with Crippen molar-refractivity contribution in [3.8, 4) is 5.75 Å². The Morgan fingerprint density at radius 2 is 1.80 bits per heavy atom. The Kier molecular flexibility index (Phi) is 7.44. The summed E-state index contributed by atoms with van der Waals surface area (Å²) in [6, 6.07) is 16.4. The maximum atomic E-state index is 12.1. The fraction of sp³-hybridized carbons (Fsp3) is 0.238. The number of hydrogen-bond donors (Lipinski definition) is 2. The molecule has 0 saturated carbocycles. The third-order valence-electron chi connectivity index (χ3n) is 3.77. The van der Waals surface area contributed by atoms with Crippen LogP contribution in [-0.2, 0) is 0 Å². The van der Waals surface area contributed by atoms with Gasteiger partial charge in [-0.25, -0.2) is 5.43 Å². The van der Waals surface area contributed by atoms with Crippen LogP contribution in [0.5, 0.6) is 5.75 Å². The number of carbonyl (C=O) groups excluding carboxylic acids is 1. The molecule has 0 unspecified atom stereocenters. The van der Waals surface area contributed by atoms with E-state index in [0.717, 1.165) is 36.8 Å². The van der Waals surface area contributed by atoms with Gasteiger partial charge in [-0.15, -0.1) is 0 Å². The summed E-state index contributed by atoms with van der Waals surface area (Å²) in [5, 5.41) is 13.8. The lowest BCUT2D eigenvalue weighted by atomic mass is 10.1. The molecule has 25 heavy (non-hydrogen) atoms. The molecule has 1 amide bonds.